The van der Waals surface area contributed by atoms with Crippen LogP contribution in [0.1, 0.15) is 25.7 Å². The van der Waals surface area contributed by atoms with E-state index in [4.69, 9.17) is 14.2 Å². The molecule has 0 bridgehead atoms. The zero-order chi connectivity index (χ0) is 17.7. The van der Waals surface area contributed by atoms with Crippen LogP contribution in [-0.4, -0.2) is 53.2 Å². The topological polar surface area (TPSA) is 65.1 Å². The smallest absolute Gasteiger partial charge is 0.244 e. The Morgan fingerprint density at radius 3 is 2.25 bits per heavy atom. The molecule has 1 aliphatic carbocycles. The number of methoxy groups -OCH3 is 3. The molecule has 136 valence electrons. The molecule has 8 heteroatoms. The summed E-state index contributed by atoms with van der Waals surface area (Å²) in [6, 6.07) is 3.15. The zero-order valence-corrected chi connectivity index (χ0v) is 16.7. The Bertz CT molecular complexity index is 659. The first-order chi connectivity index (χ1) is 11.5. The van der Waals surface area contributed by atoms with Gasteiger partial charge in [-0.25, -0.2) is 8.42 Å². The molecule has 0 N–H and O–H groups in total. The predicted molar refractivity (Wildman–Crippen MR) is 95.3 cm³/mol. The monoisotopic (exact) mass is 421 g/mol. The minimum atomic E-state index is -3.67. The largest absolute Gasteiger partial charge is 0.493 e. The van der Waals surface area contributed by atoms with E-state index in [-0.39, 0.29) is 10.9 Å². The molecular formula is C16H24BrNO5S. The summed E-state index contributed by atoms with van der Waals surface area (Å²) in [5, 5.41) is 0. The molecule has 0 saturated heterocycles. The van der Waals surface area contributed by atoms with Crippen LogP contribution in [0.25, 0.3) is 0 Å². The third kappa shape index (κ3) is 4.04. The molecule has 0 aliphatic heterocycles. The molecule has 0 unspecified atom stereocenters. The average molecular weight is 422 g/mol. The van der Waals surface area contributed by atoms with Gasteiger partial charge in [0.2, 0.25) is 10.0 Å². The molecule has 1 fully saturated rings. The summed E-state index contributed by atoms with van der Waals surface area (Å²) < 4.78 is 44.1. The van der Waals surface area contributed by atoms with Crippen LogP contribution >= 0.6 is 15.9 Å². The lowest BCUT2D eigenvalue weighted by atomic mass is 10.2. The Hall–Kier alpha value is -0.830. The van der Waals surface area contributed by atoms with Gasteiger partial charge in [-0.05, 0) is 34.8 Å². The number of benzene rings is 1. The first kappa shape index (κ1) is 19.5. The van der Waals surface area contributed by atoms with E-state index in [1.807, 2.05) is 0 Å². The van der Waals surface area contributed by atoms with Crippen molar-refractivity contribution in [2.24, 2.45) is 0 Å². The van der Waals surface area contributed by atoms with E-state index in [0.29, 0.717) is 29.1 Å². The van der Waals surface area contributed by atoms with Gasteiger partial charge in [0.25, 0.3) is 0 Å². The molecule has 6 nitrogen and oxygen atoms in total. The average Bonchev–Trinajstić information content (AvgIpc) is 3.08. The van der Waals surface area contributed by atoms with E-state index in [9.17, 15) is 8.42 Å². The van der Waals surface area contributed by atoms with Gasteiger partial charge in [0, 0.05) is 30.2 Å². The molecule has 1 aromatic carbocycles. The van der Waals surface area contributed by atoms with E-state index in [1.54, 1.807) is 17.5 Å². The molecule has 1 aromatic rings. The minimum absolute atomic E-state index is 0.0187. The van der Waals surface area contributed by atoms with Crippen LogP contribution < -0.4 is 9.47 Å². The molecular weight excluding hydrogens is 398 g/mol. The molecule has 2 rings (SSSR count). The van der Waals surface area contributed by atoms with Crippen LogP contribution in [0.5, 0.6) is 11.5 Å². The number of hydrogen-bond acceptors (Lipinski definition) is 5. The SMILES string of the molecule is COCCN(C1CCCC1)S(=O)(=O)c1cc(OC)c(OC)cc1Br. The quantitative estimate of drug-likeness (QED) is 0.645. The first-order valence-electron chi connectivity index (χ1n) is 7.88. The van der Waals surface area contributed by atoms with E-state index in [0.717, 1.165) is 25.7 Å². The zero-order valence-electron chi connectivity index (χ0n) is 14.2. The van der Waals surface area contributed by atoms with Gasteiger partial charge in [0.15, 0.2) is 11.5 Å². The lowest BCUT2D eigenvalue weighted by molar-refractivity contribution is 0.166. The lowest BCUT2D eigenvalue weighted by Gasteiger charge is -2.28. The minimum Gasteiger partial charge on any atom is -0.493 e. The molecule has 0 radical (unpaired) electrons. The van der Waals surface area contributed by atoms with Crippen LogP contribution in [0.15, 0.2) is 21.5 Å². The summed E-state index contributed by atoms with van der Waals surface area (Å²) in [4.78, 5) is 0.183. The molecule has 1 aliphatic rings. The summed E-state index contributed by atoms with van der Waals surface area (Å²) in [5.74, 6) is 0.866. The maximum absolute atomic E-state index is 13.3. The molecule has 0 heterocycles. The Labute approximate surface area is 152 Å². The number of halogens is 1. The van der Waals surface area contributed by atoms with Crippen molar-refractivity contribution in [1.29, 1.82) is 0 Å². The Morgan fingerprint density at radius 2 is 1.71 bits per heavy atom. The molecule has 1 saturated carbocycles. The molecule has 0 spiro atoms. The number of hydrogen-bond donors (Lipinski definition) is 0. The highest BCUT2D eigenvalue weighted by Crippen LogP contribution is 2.38. The number of ether oxygens (including phenoxy) is 3. The highest BCUT2D eigenvalue weighted by molar-refractivity contribution is 9.10. The molecule has 0 amide bonds. The van der Waals surface area contributed by atoms with E-state index < -0.39 is 10.0 Å². The summed E-state index contributed by atoms with van der Waals surface area (Å²) in [6.45, 7) is 0.699. The van der Waals surface area contributed by atoms with Gasteiger partial charge in [-0.15, -0.1) is 0 Å². The summed E-state index contributed by atoms with van der Waals surface area (Å²) in [6.07, 6.45) is 3.87. The number of nitrogens with zero attached hydrogens (tertiary/aromatic N) is 1. The second-order valence-electron chi connectivity index (χ2n) is 5.68. The van der Waals surface area contributed by atoms with Crippen LogP contribution in [0.3, 0.4) is 0 Å². The molecule has 0 atom stereocenters. The first-order valence-corrected chi connectivity index (χ1v) is 10.1. The lowest BCUT2D eigenvalue weighted by Crippen LogP contribution is -2.41. The van der Waals surface area contributed by atoms with Gasteiger partial charge in [-0.1, -0.05) is 12.8 Å². The van der Waals surface area contributed by atoms with Gasteiger partial charge in [0.1, 0.15) is 4.90 Å². The van der Waals surface area contributed by atoms with Gasteiger partial charge in [-0.2, -0.15) is 4.31 Å². The second kappa shape index (κ2) is 8.51. The van der Waals surface area contributed by atoms with Gasteiger partial charge >= 0.3 is 0 Å². The standard InChI is InChI=1S/C16H24BrNO5S/c1-21-9-8-18(12-6-4-5-7-12)24(19,20)16-11-15(23-3)14(22-2)10-13(16)17/h10-12H,4-9H2,1-3H3. The molecule has 24 heavy (non-hydrogen) atoms. The van der Waals surface area contributed by atoms with Crippen LogP contribution in [-0.2, 0) is 14.8 Å². The van der Waals surface area contributed by atoms with E-state index in [1.165, 1.54) is 20.3 Å². The fourth-order valence-electron chi connectivity index (χ4n) is 3.03. The fourth-order valence-corrected chi connectivity index (χ4v) is 5.70. The third-order valence-corrected chi connectivity index (χ3v) is 7.18. The van der Waals surface area contributed by atoms with Gasteiger partial charge in [0.05, 0.1) is 20.8 Å². The number of sulfonamides is 1. The van der Waals surface area contributed by atoms with Gasteiger partial charge in [-0.3, -0.25) is 0 Å². The van der Waals surface area contributed by atoms with Crippen LogP contribution in [0.4, 0.5) is 0 Å². The Morgan fingerprint density at radius 1 is 1.12 bits per heavy atom. The van der Waals surface area contributed by atoms with Gasteiger partial charge < -0.3 is 14.2 Å². The van der Waals surface area contributed by atoms with Crippen LogP contribution in [0.2, 0.25) is 0 Å². The summed E-state index contributed by atoms with van der Waals surface area (Å²) in [7, 11) is 0.905. The third-order valence-electron chi connectivity index (χ3n) is 4.27. The van der Waals surface area contributed by atoms with Crippen molar-refractivity contribution < 1.29 is 22.6 Å². The maximum atomic E-state index is 13.3. The summed E-state index contributed by atoms with van der Waals surface area (Å²) in [5.41, 5.74) is 0. The highest BCUT2D eigenvalue weighted by atomic mass is 79.9. The van der Waals surface area contributed by atoms with Crippen molar-refractivity contribution in [3.63, 3.8) is 0 Å². The Kier molecular flexibility index (Phi) is 6.91. The number of rotatable bonds is 8. The Balaban J connectivity index is 2.45. The van der Waals surface area contributed by atoms with Crippen molar-refractivity contribution in [3.05, 3.63) is 16.6 Å². The molecule has 0 aromatic heterocycles. The van der Waals surface area contributed by atoms with Crippen molar-refractivity contribution in [2.75, 3.05) is 34.5 Å². The summed E-state index contributed by atoms with van der Waals surface area (Å²) >= 11 is 3.36. The normalized spacial score (nSPS) is 15.9. The van der Waals surface area contributed by atoms with Crippen molar-refractivity contribution >= 4 is 26.0 Å². The van der Waals surface area contributed by atoms with Crippen LogP contribution in [0, 0.1) is 0 Å². The maximum Gasteiger partial charge on any atom is 0.244 e. The highest BCUT2D eigenvalue weighted by Gasteiger charge is 2.34. The van der Waals surface area contributed by atoms with Crippen molar-refractivity contribution in [1.82, 2.24) is 4.31 Å². The van der Waals surface area contributed by atoms with E-state index >= 15 is 0 Å². The second-order valence-corrected chi connectivity index (χ2v) is 8.40. The van der Waals surface area contributed by atoms with Crippen molar-refractivity contribution in [3.8, 4) is 11.5 Å². The van der Waals surface area contributed by atoms with E-state index in [2.05, 4.69) is 15.9 Å². The fraction of sp³-hybridized carbons (Fsp3) is 0.625. The predicted octanol–water partition coefficient (Wildman–Crippen LogP) is 3.05. The van der Waals surface area contributed by atoms with Crippen molar-refractivity contribution in [2.45, 2.75) is 36.6 Å².